The Kier molecular flexibility index (Phi) is 5.11. The van der Waals surface area contributed by atoms with E-state index < -0.39 is 5.63 Å². The van der Waals surface area contributed by atoms with Crippen molar-refractivity contribution in [1.29, 1.82) is 0 Å². The second-order valence-electron chi connectivity index (χ2n) is 6.60. The molecule has 0 saturated carbocycles. The maximum absolute atomic E-state index is 12.3. The van der Waals surface area contributed by atoms with Crippen molar-refractivity contribution in [3.8, 4) is 22.1 Å². The van der Waals surface area contributed by atoms with Crippen molar-refractivity contribution in [1.82, 2.24) is 10.2 Å². The highest BCUT2D eigenvalue weighted by molar-refractivity contribution is 7.18. The Morgan fingerprint density at radius 3 is 2.39 bits per heavy atom. The smallest absolute Gasteiger partial charge is 0.346 e. The number of hydrogen-bond acceptors (Lipinski definition) is 7. The molecule has 3 aromatic carbocycles. The highest BCUT2D eigenvalue weighted by atomic mass is 35.5. The summed E-state index contributed by atoms with van der Waals surface area (Å²) in [4.78, 5) is 12.3. The maximum Gasteiger partial charge on any atom is 0.346 e. The lowest BCUT2D eigenvalue weighted by atomic mass is 10.2. The number of nitrogens with one attached hydrogen (secondary N) is 1. The zero-order valence-corrected chi connectivity index (χ0v) is 17.5. The number of fused-ring (bicyclic) bond motifs is 1. The van der Waals surface area contributed by atoms with Crippen molar-refractivity contribution >= 4 is 44.7 Å². The maximum atomic E-state index is 12.3. The zero-order chi connectivity index (χ0) is 21.2. The summed E-state index contributed by atoms with van der Waals surface area (Å²) in [6.07, 6.45) is 0. The van der Waals surface area contributed by atoms with E-state index in [1.54, 1.807) is 36.4 Å². The predicted octanol–water partition coefficient (Wildman–Crippen LogP) is 6.50. The van der Waals surface area contributed by atoms with E-state index in [-0.39, 0.29) is 0 Å². The van der Waals surface area contributed by atoms with E-state index in [1.165, 1.54) is 11.3 Å². The summed E-state index contributed by atoms with van der Waals surface area (Å²) in [5.74, 6) is 1.40. The van der Waals surface area contributed by atoms with Crippen LogP contribution in [0.2, 0.25) is 5.02 Å². The largest absolute Gasteiger partial charge is 0.457 e. The monoisotopic (exact) mass is 447 g/mol. The van der Waals surface area contributed by atoms with Gasteiger partial charge in [-0.2, -0.15) is 0 Å². The fourth-order valence-corrected chi connectivity index (χ4v) is 3.86. The van der Waals surface area contributed by atoms with Crippen LogP contribution in [0.4, 0.5) is 10.8 Å². The van der Waals surface area contributed by atoms with Gasteiger partial charge in [0.25, 0.3) is 0 Å². The van der Waals surface area contributed by atoms with Crippen LogP contribution in [-0.4, -0.2) is 10.2 Å². The summed E-state index contributed by atoms with van der Waals surface area (Å²) in [6.45, 7) is 0. The van der Waals surface area contributed by atoms with Gasteiger partial charge in [-0.1, -0.05) is 41.1 Å². The number of aromatic nitrogens is 2. The van der Waals surface area contributed by atoms with Crippen molar-refractivity contribution in [3.05, 3.63) is 94.3 Å². The van der Waals surface area contributed by atoms with E-state index >= 15 is 0 Å². The minimum atomic E-state index is -0.440. The van der Waals surface area contributed by atoms with Gasteiger partial charge in [0.05, 0.1) is 5.56 Å². The molecule has 0 aliphatic rings. The molecular formula is C23H14ClN3O3S. The van der Waals surface area contributed by atoms with Crippen LogP contribution in [0.1, 0.15) is 0 Å². The molecule has 5 aromatic rings. The second kappa shape index (κ2) is 8.22. The third kappa shape index (κ3) is 4.28. The molecule has 5 rings (SSSR count). The van der Waals surface area contributed by atoms with E-state index in [2.05, 4.69) is 15.5 Å². The molecular weight excluding hydrogens is 434 g/mol. The lowest BCUT2D eigenvalue weighted by Crippen LogP contribution is -2.02. The van der Waals surface area contributed by atoms with Gasteiger partial charge in [-0.15, -0.1) is 10.2 Å². The van der Waals surface area contributed by atoms with Crippen LogP contribution < -0.4 is 15.7 Å². The Morgan fingerprint density at radius 2 is 1.61 bits per heavy atom. The molecule has 152 valence electrons. The second-order valence-corrected chi connectivity index (χ2v) is 8.02. The van der Waals surface area contributed by atoms with E-state index in [0.717, 1.165) is 11.1 Å². The summed E-state index contributed by atoms with van der Waals surface area (Å²) in [5.41, 5.74) is 1.30. The molecule has 0 spiro atoms. The van der Waals surface area contributed by atoms with Crippen LogP contribution in [0.15, 0.2) is 88.1 Å². The van der Waals surface area contributed by atoms with Gasteiger partial charge in [0.2, 0.25) is 5.13 Å². The Bertz CT molecular complexity index is 1410. The standard InChI is InChI=1S/C23H14ClN3O3S/c24-15-5-9-17(10-6-15)29-18-11-7-16(8-12-18)25-23-27-26-21(31-23)19-13-14-3-1-2-4-20(14)30-22(19)28/h1-13H,(H,25,27). The van der Waals surface area contributed by atoms with Gasteiger partial charge in [0.1, 0.15) is 17.1 Å². The number of rotatable bonds is 5. The molecule has 2 aromatic heterocycles. The lowest BCUT2D eigenvalue weighted by molar-refractivity contribution is 0.483. The molecule has 0 radical (unpaired) electrons. The Balaban J connectivity index is 1.32. The summed E-state index contributed by atoms with van der Waals surface area (Å²) in [6, 6.07) is 23.7. The van der Waals surface area contributed by atoms with Crippen molar-refractivity contribution < 1.29 is 9.15 Å². The van der Waals surface area contributed by atoms with E-state index in [0.29, 0.717) is 37.8 Å². The predicted molar refractivity (Wildman–Crippen MR) is 123 cm³/mol. The van der Waals surface area contributed by atoms with E-state index in [4.69, 9.17) is 20.8 Å². The fourth-order valence-electron chi connectivity index (χ4n) is 2.96. The van der Waals surface area contributed by atoms with E-state index in [1.807, 2.05) is 42.5 Å². The first-order valence-electron chi connectivity index (χ1n) is 9.31. The summed E-state index contributed by atoms with van der Waals surface area (Å²) >= 11 is 7.17. The Hall–Kier alpha value is -3.68. The quantitative estimate of drug-likeness (QED) is 0.310. The molecule has 0 amide bonds. The first kappa shape index (κ1) is 19.3. The van der Waals surface area contributed by atoms with Crippen LogP contribution in [0, 0.1) is 0 Å². The number of para-hydroxylation sites is 1. The highest BCUT2D eigenvalue weighted by Crippen LogP contribution is 2.30. The average molecular weight is 448 g/mol. The first-order chi connectivity index (χ1) is 15.1. The topological polar surface area (TPSA) is 77.2 Å². The van der Waals surface area contributed by atoms with Gasteiger partial charge in [-0.3, -0.25) is 0 Å². The van der Waals surface area contributed by atoms with Crippen molar-refractivity contribution in [2.24, 2.45) is 0 Å². The molecule has 0 fully saturated rings. The summed E-state index contributed by atoms with van der Waals surface area (Å²) < 4.78 is 11.2. The van der Waals surface area contributed by atoms with Crippen LogP contribution in [0.3, 0.4) is 0 Å². The van der Waals surface area contributed by atoms with Crippen molar-refractivity contribution in [2.75, 3.05) is 5.32 Å². The van der Waals surface area contributed by atoms with Gasteiger partial charge in [0.15, 0.2) is 5.01 Å². The molecule has 0 saturated heterocycles. The first-order valence-corrected chi connectivity index (χ1v) is 10.5. The Morgan fingerprint density at radius 1 is 0.903 bits per heavy atom. The molecule has 6 nitrogen and oxygen atoms in total. The zero-order valence-electron chi connectivity index (χ0n) is 15.9. The van der Waals surface area contributed by atoms with Crippen LogP contribution >= 0.6 is 22.9 Å². The third-order valence-corrected chi connectivity index (χ3v) is 5.58. The normalized spacial score (nSPS) is 10.9. The van der Waals surface area contributed by atoms with Gasteiger partial charge in [-0.25, -0.2) is 4.79 Å². The number of halogens is 1. The number of benzene rings is 3. The SMILES string of the molecule is O=c1oc2ccccc2cc1-c1nnc(Nc2ccc(Oc3ccc(Cl)cc3)cc2)s1. The molecule has 1 N–H and O–H groups in total. The lowest BCUT2D eigenvalue weighted by Gasteiger charge is -2.07. The summed E-state index contributed by atoms with van der Waals surface area (Å²) in [5, 5.41) is 14.0. The Labute approximate surface area is 185 Å². The minimum absolute atomic E-state index is 0.385. The fraction of sp³-hybridized carbons (Fsp3) is 0. The number of anilines is 2. The van der Waals surface area contributed by atoms with Crippen LogP contribution in [0.25, 0.3) is 21.5 Å². The minimum Gasteiger partial charge on any atom is -0.457 e. The highest BCUT2D eigenvalue weighted by Gasteiger charge is 2.13. The van der Waals surface area contributed by atoms with Gasteiger partial charge >= 0.3 is 5.63 Å². The average Bonchev–Trinajstić information content (AvgIpc) is 3.24. The molecule has 8 heteroatoms. The molecule has 2 heterocycles. The van der Waals surface area contributed by atoms with Crippen molar-refractivity contribution in [2.45, 2.75) is 0 Å². The molecule has 0 aliphatic carbocycles. The van der Waals surface area contributed by atoms with Gasteiger partial charge < -0.3 is 14.5 Å². The van der Waals surface area contributed by atoms with Gasteiger partial charge in [0, 0.05) is 16.1 Å². The number of ether oxygens (including phenoxy) is 1. The third-order valence-electron chi connectivity index (χ3n) is 4.45. The molecule has 0 bridgehead atoms. The molecule has 0 atom stereocenters. The van der Waals surface area contributed by atoms with Crippen LogP contribution in [-0.2, 0) is 0 Å². The molecule has 0 aliphatic heterocycles. The van der Waals surface area contributed by atoms with Crippen molar-refractivity contribution in [3.63, 3.8) is 0 Å². The molecule has 0 unspecified atom stereocenters. The number of hydrogen-bond donors (Lipinski definition) is 1. The number of nitrogens with zero attached hydrogens (tertiary/aromatic N) is 2. The van der Waals surface area contributed by atoms with Crippen LogP contribution in [0.5, 0.6) is 11.5 Å². The summed E-state index contributed by atoms with van der Waals surface area (Å²) in [7, 11) is 0. The van der Waals surface area contributed by atoms with Gasteiger partial charge in [-0.05, 0) is 60.7 Å². The van der Waals surface area contributed by atoms with E-state index in [9.17, 15) is 4.79 Å². The molecule has 31 heavy (non-hydrogen) atoms.